The molecule has 0 aliphatic heterocycles. The Labute approximate surface area is 383 Å². The molecule has 0 fully saturated rings. The number of ketones is 2. The highest BCUT2D eigenvalue weighted by atomic mass is 16.5. The zero-order chi connectivity index (χ0) is 48.5. The molecule has 0 saturated heterocycles. The molecule has 0 aromatic carbocycles. The van der Waals surface area contributed by atoms with Crippen LogP contribution < -0.4 is 21.3 Å². The molecule has 65 heavy (non-hydrogen) atoms. The molecule has 4 amide bonds. The van der Waals surface area contributed by atoms with Crippen LogP contribution in [0.1, 0.15) is 149 Å². The van der Waals surface area contributed by atoms with Gasteiger partial charge in [0, 0.05) is 57.7 Å². The number of hydrogen-bond donors (Lipinski definition) is 7. The van der Waals surface area contributed by atoms with Gasteiger partial charge in [-0.05, 0) is 51.9 Å². The highest BCUT2D eigenvalue weighted by molar-refractivity contribution is 5.86. The Hall–Kier alpha value is -4.53. The molecule has 0 rings (SSSR count). The Morgan fingerprint density at radius 1 is 0.431 bits per heavy atom. The third-order valence-electron chi connectivity index (χ3n) is 10.3. The number of carboxylic acids is 3. The number of Topliss-reactive ketones (excluding diaryl/α,β-unsaturated/α-hetero) is 2. The molecule has 0 bridgehead atoms. The van der Waals surface area contributed by atoms with Crippen LogP contribution in [-0.2, 0) is 62.1 Å². The zero-order valence-corrected chi connectivity index (χ0v) is 38.8. The van der Waals surface area contributed by atoms with Crippen molar-refractivity contribution in [1.29, 1.82) is 0 Å². The first-order chi connectivity index (χ1) is 31.1. The highest BCUT2D eigenvalue weighted by Gasteiger charge is 2.24. The molecular formula is C45H78N4O16. The second-order valence-corrected chi connectivity index (χ2v) is 16.1. The summed E-state index contributed by atoms with van der Waals surface area (Å²) in [6, 6.07) is -2.71. The third kappa shape index (κ3) is 39.6. The molecule has 0 heterocycles. The summed E-state index contributed by atoms with van der Waals surface area (Å²) in [4.78, 5) is 106. The molecule has 0 aromatic rings. The first-order valence-electron chi connectivity index (χ1n) is 23.2. The van der Waals surface area contributed by atoms with Gasteiger partial charge in [-0.2, -0.15) is 0 Å². The Morgan fingerprint density at radius 2 is 0.908 bits per heavy atom. The fraction of sp³-hybridized carbons (Fsp3) is 0.800. The van der Waals surface area contributed by atoms with Gasteiger partial charge in [0.25, 0.3) is 0 Å². The first kappa shape index (κ1) is 60.5. The van der Waals surface area contributed by atoms with Crippen LogP contribution in [-0.4, -0.2) is 146 Å². The van der Waals surface area contributed by atoms with E-state index in [1.165, 1.54) is 0 Å². The normalized spacial score (nSPS) is 12.4. The maximum absolute atomic E-state index is 12.5. The summed E-state index contributed by atoms with van der Waals surface area (Å²) in [5, 5.41) is 37.8. The van der Waals surface area contributed by atoms with E-state index in [4.69, 9.17) is 24.1 Å². The molecule has 20 nitrogen and oxygen atoms in total. The van der Waals surface area contributed by atoms with Gasteiger partial charge >= 0.3 is 17.9 Å². The summed E-state index contributed by atoms with van der Waals surface area (Å²) in [5.74, 6) is -5.20. The molecule has 0 aromatic heterocycles. The maximum atomic E-state index is 12.5. The van der Waals surface area contributed by atoms with Crippen LogP contribution in [0.25, 0.3) is 0 Å². The predicted octanol–water partition coefficient (Wildman–Crippen LogP) is 3.49. The van der Waals surface area contributed by atoms with Gasteiger partial charge in [0.1, 0.15) is 31.1 Å². The average Bonchev–Trinajstić information content (AvgIpc) is 3.25. The monoisotopic (exact) mass is 931 g/mol. The second kappa shape index (κ2) is 40.9. The van der Waals surface area contributed by atoms with Crippen molar-refractivity contribution in [1.82, 2.24) is 21.3 Å². The lowest BCUT2D eigenvalue weighted by Gasteiger charge is -2.17. The molecular weight excluding hydrogens is 853 g/mol. The van der Waals surface area contributed by atoms with Crippen molar-refractivity contribution in [3.8, 4) is 0 Å². The van der Waals surface area contributed by atoms with Crippen LogP contribution in [0, 0.1) is 5.92 Å². The summed E-state index contributed by atoms with van der Waals surface area (Å²) in [6.07, 6.45) is 11.7. The molecule has 0 aliphatic rings. The lowest BCUT2D eigenvalue weighted by atomic mass is 10.0. The van der Waals surface area contributed by atoms with Crippen LogP contribution in [0.4, 0.5) is 0 Å². The van der Waals surface area contributed by atoms with Crippen molar-refractivity contribution in [3.05, 3.63) is 0 Å². The molecule has 374 valence electrons. The Balaban J connectivity index is 3.94. The van der Waals surface area contributed by atoms with Gasteiger partial charge in [0.15, 0.2) is 5.78 Å². The van der Waals surface area contributed by atoms with E-state index in [0.717, 1.165) is 70.6 Å². The maximum Gasteiger partial charge on any atom is 0.326 e. The number of rotatable bonds is 46. The minimum Gasteiger partial charge on any atom is -0.481 e. The van der Waals surface area contributed by atoms with E-state index in [1.54, 1.807) is 6.92 Å². The minimum absolute atomic E-state index is 0.0387. The van der Waals surface area contributed by atoms with Crippen LogP contribution in [0.5, 0.6) is 0 Å². The summed E-state index contributed by atoms with van der Waals surface area (Å²) >= 11 is 0. The van der Waals surface area contributed by atoms with Crippen LogP contribution in [0.2, 0.25) is 0 Å². The first-order valence-corrected chi connectivity index (χ1v) is 23.2. The van der Waals surface area contributed by atoms with Crippen LogP contribution in [0.15, 0.2) is 0 Å². The number of hydrogen-bond acceptors (Lipinski definition) is 13. The fourth-order valence-electron chi connectivity index (χ4n) is 6.22. The van der Waals surface area contributed by atoms with E-state index < -0.39 is 47.7 Å². The van der Waals surface area contributed by atoms with Gasteiger partial charge in [-0.3, -0.25) is 33.6 Å². The van der Waals surface area contributed by atoms with Crippen molar-refractivity contribution >= 4 is 53.1 Å². The number of carbonyl (C=O) groups is 9. The van der Waals surface area contributed by atoms with Crippen LogP contribution >= 0.6 is 0 Å². The molecule has 0 unspecified atom stereocenters. The lowest BCUT2D eigenvalue weighted by Crippen LogP contribution is -2.44. The molecule has 0 saturated carbocycles. The molecule has 3 atom stereocenters. The van der Waals surface area contributed by atoms with E-state index >= 15 is 0 Å². The summed E-state index contributed by atoms with van der Waals surface area (Å²) < 4.78 is 21.4. The van der Waals surface area contributed by atoms with Gasteiger partial charge in [-0.25, -0.2) is 9.59 Å². The van der Waals surface area contributed by atoms with E-state index in [9.17, 15) is 53.4 Å². The topological polar surface area (TPSA) is 299 Å². The smallest absolute Gasteiger partial charge is 0.326 e. The molecule has 7 N–H and O–H groups in total. The zero-order valence-electron chi connectivity index (χ0n) is 38.8. The molecule has 0 radical (unpaired) electrons. The number of unbranched alkanes of at least 4 members (excludes halogenated alkanes) is 10. The van der Waals surface area contributed by atoms with Gasteiger partial charge in [0.05, 0.1) is 33.0 Å². The Kier molecular flexibility index (Phi) is 38.1. The number of ether oxygens (including phenoxy) is 4. The SMILES string of the molecule is CC(=O)[C@@H](C)CCCCNC(=O)COCCOCCCC(=O)COCCOCCNC(=O)CC[C@H](NC(=O)CC[C@H](NC(=O)CCCCCCCCCCCCC(=O)O)C(=O)O)C(=O)O. The van der Waals surface area contributed by atoms with E-state index in [1.807, 2.05) is 6.92 Å². The van der Waals surface area contributed by atoms with Crippen molar-refractivity contribution < 1.29 is 77.4 Å². The average molecular weight is 931 g/mol. The minimum atomic E-state index is -1.39. The van der Waals surface area contributed by atoms with Crippen molar-refractivity contribution in [2.45, 2.75) is 161 Å². The summed E-state index contributed by atoms with van der Waals surface area (Å²) in [7, 11) is 0. The number of carbonyl (C=O) groups excluding carboxylic acids is 6. The summed E-state index contributed by atoms with van der Waals surface area (Å²) in [6.45, 7) is 5.33. The summed E-state index contributed by atoms with van der Waals surface area (Å²) in [5.41, 5.74) is 0. The molecule has 0 spiro atoms. The molecule has 0 aliphatic carbocycles. The standard InChI is InChI=1S/C45H78N4O16/c1-34(35(2)50)16-13-14-24-46-42(55)33-65-31-28-62-26-15-17-36(51)32-64-30-29-63-27-25-47-39(52)22-20-37(44(58)59)49-41(54)23-21-38(45(60)61)48-40(53)18-11-9-7-5-3-4-6-8-10-12-19-43(56)57/h34,37-38H,3-33H2,1-2H3,(H,46,55)(H,47,52)(H,48,53)(H,49,54)(H,56,57)(H,58,59)(H,60,61)/t34-,37-,38-/m0/s1. The van der Waals surface area contributed by atoms with Crippen molar-refractivity contribution in [2.24, 2.45) is 5.92 Å². The lowest BCUT2D eigenvalue weighted by molar-refractivity contribution is -0.143. The van der Waals surface area contributed by atoms with E-state index in [0.29, 0.717) is 32.4 Å². The number of nitrogens with one attached hydrogen (secondary N) is 4. The Bertz CT molecular complexity index is 1400. The third-order valence-corrected chi connectivity index (χ3v) is 10.3. The second-order valence-electron chi connectivity index (χ2n) is 16.1. The van der Waals surface area contributed by atoms with Crippen molar-refractivity contribution in [2.75, 3.05) is 65.9 Å². The van der Waals surface area contributed by atoms with E-state index in [-0.39, 0.29) is 121 Å². The number of amides is 4. The van der Waals surface area contributed by atoms with Crippen molar-refractivity contribution in [3.63, 3.8) is 0 Å². The van der Waals surface area contributed by atoms with E-state index in [2.05, 4.69) is 21.3 Å². The highest BCUT2D eigenvalue weighted by Crippen LogP contribution is 2.13. The van der Waals surface area contributed by atoms with Gasteiger partial charge in [0.2, 0.25) is 23.6 Å². The van der Waals surface area contributed by atoms with Gasteiger partial charge in [-0.15, -0.1) is 0 Å². The predicted molar refractivity (Wildman–Crippen MR) is 238 cm³/mol. The number of aliphatic carboxylic acids is 3. The van der Waals surface area contributed by atoms with Gasteiger partial charge in [-0.1, -0.05) is 64.7 Å². The Morgan fingerprint density at radius 3 is 1.46 bits per heavy atom. The van der Waals surface area contributed by atoms with Crippen LogP contribution in [0.3, 0.4) is 0 Å². The quantitative estimate of drug-likeness (QED) is 0.0430. The number of carboxylic acid groups (broad SMARTS) is 3. The largest absolute Gasteiger partial charge is 0.481 e. The molecule has 20 heteroatoms. The van der Waals surface area contributed by atoms with Gasteiger partial charge < -0.3 is 55.5 Å². The fourth-order valence-corrected chi connectivity index (χ4v) is 6.22.